The number of nitrogens with one attached hydrogen (secondary N) is 1. The largest absolute Gasteiger partial charge is 0.378 e. The molecular weight excluding hydrogens is 490 g/mol. The number of amides is 2. The molecule has 3 aromatic carbocycles. The number of nitrogens with zero attached hydrogens (tertiary/aromatic N) is 2. The number of hydrogen-bond acceptors (Lipinski definition) is 5. The fourth-order valence-corrected chi connectivity index (χ4v) is 5.64. The van der Waals surface area contributed by atoms with Crippen LogP contribution in [0.1, 0.15) is 66.1 Å². The van der Waals surface area contributed by atoms with E-state index in [1.54, 1.807) is 4.90 Å². The van der Waals surface area contributed by atoms with Gasteiger partial charge in [0.05, 0.1) is 19.3 Å². The van der Waals surface area contributed by atoms with E-state index in [0.717, 1.165) is 25.7 Å². The molecule has 1 saturated carbocycles. The molecule has 3 aromatic rings. The number of carbonyl (C=O) groups excluding carboxylic acids is 2. The van der Waals surface area contributed by atoms with Crippen LogP contribution in [-0.2, 0) is 14.4 Å². The monoisotopic (exact) mass is 527 g/mol. The van der Waals surface area contributed by atoms with Crippen LogP contribution in [0, 0.1) is 5.92 Å². The van der Waals surface area contributed by atoms with Gasteiger partial charge in [0.1, 0.15) is 0 Å². The van der Waals surface area contributed by atoms with Gasteiger partial charge in [-0.25, -0.2) is 5.48 Å². The molecule has 1 heterocycles. The summed E-state index contributed by atoms with van der Waals surface area (Å²) in [5, 5.41) is 2.52. The van der Waals surface area contributed by atoms with Crippen LogP contribution in [0.15, 0.2) is 71.7 Å². The van der Waals surface area contributed by atoms with Crippen molar-refractivity contribution >= 4 is 28.8 Å². The van der Waals surface area contributed by atoms with Gasteiger partial charge in [0.25, 0.3) is 11.8 Å². The minimum atomic E-state index is -0.354. The Labute approximate surface area is 230 Å². The highest BCUT2D eigenvalue weighted by Gasteiger charge is 2.23. The fraction of sp³-hybridized carbons (Fsp3) is 0.406. The van der Waals surface area contributed by atoms with E-state index in [2.05, 4.69) is 61.1 Å². The van der Waals surface area contributed by atoms with Gasteiger partial charge in [0, 0.05) is 24.9 Å². The van der Waals surface area contributed by atoms with Crippen LogP contribution >= 0.6 is 0 Å². The summed E-state index contributed by atoms with van der Waals surface area (Å²) in [7, 11) is 0. The first-order valence-electron chi connectivity index (χ1n) is 14.0. The molecule has 2 aliphatic rings. The summed E-state index contributed by atoms with van der Waals surface area (Å²) in [6.45, 7) is 4.15. The molecular formula is C32H37N3O4. The van der Waals surface area contributed by atoms with Gasteiger partial charge in [0.2, 0.25) is 0 Å². The average Bonchev–Trinajstić information content (AvgIpc) is 3.00. The van der Waals surface area contributed by atoms with Crippen molar-refractivity contribution in [2.75, 3.05) is 32.9 Å². The molecule has 7 nitrogen and oxygen atoms in total. The van der Waals surface area contributed by atoms with Crippen LogP contribution in [-0.4, -0.2) is 55.8 Å². The number of fused-ring (bicyclic) bond motifs is 1. The number of carbonyl (C=O) groups is 2. The molecule has 39 heavy (non-hydrogen) atoms. The number of benzene rings is 3. The second-order valence-electron chi connectivity index (χ2n) is 10.5. The normalized spacial score (nSPS) is 20.7. The molecule has 3 atom stereocenters. The zero-order chi connectivity index (χ0) is 27.0. The van der Waals surface area contributed by atoms with Gasteiger partial charge in [0.15, 0.2) is 6.61 Å². The Morgan fingerprint density at radius 1 is 1.05 bits per heavy atom. The fourth-order valence-electron chi connectivity index (χ4n) is 5.64. The van der Waals surface area contributed by atoms with Crippen LogP contribution in [0.4, 0.5) is 0 Å². The average molecular weight is 528 g/mol. The van der Waals surface area contributed by atoms with Gasteiger partial charge in [-0.05, 0) is 72.1 Å². The summed E-state index contributed by atoms with van der Waals surface area (Å²) < 4.78 is 5.25. The van der Waals surface area contributed by atoms with Crippen molar-refractivity contribution in [3.63, 3.8) is 0 Å². The van der Waals surface area contributed by atoms with Gasteiger partial charge in [-0.15, -0.1) is 0 Å². The first-order chi connectivity index (χ1) is 19.1. The number of aliphatic imine (C=N–C) groups is 1. The molecule has 0 radical (unpaired) electrons. The lowest BCUT2D eigenvalue weighted by Crippen LogP contribution is -2.43. The van der Waals surface area contributed by atoms with E-state index in [9.17, 15) is 9.59 Å². The topological polar surface area (TPSA) is 80.2 Å². The van der Waals surface area contributed by atoms with Gasteiger partial charge >= 0.3 is 0 Å². The highest BCUT2D eigenvalue weighted by atomic mass is 16.7. The van der Waals surface area contributed by atoms with Gasteiger partial charge < -0.3 is 9.64 Å². The molecule has 1 aliphatic heterocycles. The SMILES string of the molecule is C[C@@H](N=CC1CCCC(c2ccc(C(=O)NOCC(=O)N3CCOCC3)cc2)C1)c1cccc2ccccc12. The Hall–Kier alpha value is -3.55. The number of morpholine rings is 1. The van der Waals surface area contributed by atoms with Crippen molar-refractivity contribution in [2.24, 2.45) is 10.9 Å². The van der Waals surface area contributed by atoms with Crippen molar-refractivity contribution in [3.8, 4) is 0 Å². The summed E-state index contributed by atoms with van der Waals surface area (Å²) in [6.07, 6.45) is 6.70. The van der Waals surface area contributed by atoms with E-state index in [0.29, 0.717) is 43.7 Å². The molecule has 7 heteroatoms. The van der Waals surface area contributed by atoms with Crippen molar-refractivity contribution in [3.05, 3.63) is 83.4 Å². The van der Waals surface area contributed by atoms with E-state index in [1.807, 2.05) is 24.3 Å². The van der Waals surface area contributed by atoms with Crippen LogP contribution < -0.4 is 5.48 Å². The zero-order valence-electron chi connectivity index (χ0n) is 22.6. The van der Waals surface area contributed by atoms with E-state index in [-0.39, 0.29) is 24.5 Å². The Balaban J connectivity index is 1.13. The van der Waals surface area contributed by atoms with E-state index < -0.39 is 0 Å². The molecule has 2 amide bonds. The van der Waals surface area contributed by atoms with Crippen LogP contribution in [0.25, 0.3) is 10.8 Å². The predicted molar refractivity (Wildman–Crippen MR) is 153 cm³/mol. The maximum atomic E-state index is 12.5. The van der Waals surface area contributed by atoms with E-state index in [4.69, 9.17) is 14.6 Å². The second-order valence-corrected chi connectivity index (χ2v) is 10.5. The van der Waals surface area contributed by atoms with Crippen LogP contribution in [0.2, 0.25) is 0 Å². The molecule has 2 fully saturated rings. The lowest BCUT2D eigenvalue weighted by atomic mass is 9.78. The molecule has 2 unspecified atom stereocenters. The molecule has 1 saturated heterocycles. The molecule has 0 bridgehead atoms. The molecule has 204 valence electrons. The van der Waals surface area contributed by atoms with Crippen LogP contribution in [0.5, 0.6) is 0 Å². The minimum absolute atomic E-state index is 0.112. The summed E-state index contributed by atoms with van der Waals surface area (Å²) in [5.41, 5.74) is 5.41. The molecule has 0 aromatic heterocycles. The van der Waals surface area contributed by atoms with Gasteiger partial charge in [-0.1, -0.05) is 61.0 Å². The summed E-state index contributed by atoms with van der Waals surface area (Å²) in [6, 6.07) is 22.8. The van der Waals surface area contributed by atoms with Crippen molar-refractivity contribution < 1.29 is 19.2 Å². The highest BCUT2D eigenvalue weighted by molar-refractivity contribution is 5.93. The third kappa shape index (κ3) is 6.91. The molecule has 5 rings (SSSR count). The molecule has 0 spiro atoms. The maximum absolute atomic E-state index is 12.5. The number of hydroxylamine groups is 1. The first-order valence-corrected chi connectivity index (χ1v) is 14.0. The molecule has 1 aliphatic carbocycles. The van der Waals surface area contributed by atoms with Crippen molar-refractivity contribution in [1.82, 2.24) is 10.4 Å². The number of ether oxygens (including phenoxy) is 1. The predicted octanol–water partition coefficient (Wildman–Crippen LogP) is 5.47. The first kappa shape index (κ1) is 27.0. The van der Waals surface area contributed by atoms with E-state index in [1.165, 1.54) is 21.9 Å². The lowest BCUT2D eigenvalue weighted by Gasteiger charge is -2.27. The summed E-state index contributed by atoms with van der Waals surface area (Å²) in [4.78, 5) is 36.5. The third-order valence-corrected chi connectivity index (χ3v) is 7.88. The molecule has 1 N–H and O–H groups in total. The number of hydrogen-bond donors (Lipinski definition) is 1. The van der Waals surface area contributed by atoms with Gasteiger partial charge in [-0.3, -0.25) is 19.4 Å². The Bertz CT molecular complexity index is 1300. The van der Waals surface area contributed by atoms with E-state index >= 15 is 0 Å². The summed E-state index contributed by atoms with van der Waals surface area (Å²) in [5.74, 6) is 0.382. The number of rotatable bonds is 8. The standard InChI is InChI=1S/C32H37N3O4/c1-23(29-11-5-8-26-7-2-3-10-30(26)29)33-21-24-6-4-9-28(20-24)25-12-14-27(15-13-25)32(37)34-39-22-31(36)35-16-18-38-19-17-35/h2-3,5,7-8,10-15,21,23-24,28H,4,6,9,16-20,22H2,1H3,(H,34,37)/t23-,24?,28?/m1/s1. The maximum Gasteiger partial charge on any atom is 0.274 e. The minimum Gasteiger partial charge on any atom is -0.378 e. The lowest BCUT2D eigenvalue weighted by molar-refractivity contribution is -0.142. The van der Waals surface area contributed by atoms with Crippen molar-refractivity contribution in [2.45, 2.75) is 44.6 Å². The van der Waals surface area contributed by atoms with Crippen LogP contribution in [0.3, 0.4) is 0 Å². The Morgan fingerprint density at radius 3 is 2.64 bits per heavy atom. The smallest absolute Gasteiger partial charge is 0.274 e. The quantitative estimate of drug-likeness (QED) is 0.311. The van der Waals surface area contributed by atoms with Crippen molar-refractivity contribution in [1.29, 1.82) is 0 Å². The highest BCUT2D eigenvalue weighted by Crippen LogP contribution is 2.36. The van der Waals surface area contributed by atoms with Gasteiger partial charge in [-0.2, -0.15) is 0 Å². The Kier molecular flexibility index (Phi) is 9.01. The zero-order valence-corrected chi connectivity index (χ0v) is 22.6. The summed E-state index contributed by atoms with van der Waals surface area (Å²) >= 11 is 0. The second kappa shape index (κ2) is 13.0. The third-order valence-electron chi connectivity index (χ3n) is 7.88. The Morgan fingerprint density at radius 2 is 1.82 bits per heavy atom.